The van der Waals surface area contributed by atoms with Crippen molar-refractivity contribution >= 4 is 21.6 Å². The van der Waals surface area contributed by atoms with E-state index < -0.39 is 4.92 Å². The van der Waals surface area contributed by atoms with Crippen LogP contribution in [0.2, 0.25) is 0 Å². The quantitative estimate of drug-likeness (QED) is 0.685. The maximum Gasteiger partial charge on any atom is 0.271 e. The number of nitro benzene ring substituents is 1. The normalized spacial score (nSPS) is 10.7. The van der Waals surface area contributed by atoms with Crippen LogP contribution in [0.4, 0.5) is 5.69 Å². The molecule has 0 aliphatic heterocycles. The van der Waals surface area contributed by atoms with Gasteiger partial charge in [0.2, 0.25) is 0 Å². The van der Waals surface area contributed by atoms with Crippen molar-refractivity contribution in [2.45, 2.75) is 20.0 Å². The zero-order valence-electron chi connectivity index (χ0n) is 10.2. The number of nitro groups is 1. The lowest BCUT2D eigenvalue weighted by Gasteiger charge is -2.06. The number of rotatable bonds is 4. The number of benzene rings is 1. The molecule has 2 aromatic rings. The number of aromatic nitrogens is 3. The second kappa shape index (κ2) is 5.45. The molecule has 0 amide bonds. The molecule has 0 aliphatic rings. The third-order valence-corrected chi connectivity index (χ3v) is 3.14. The molecule has 0 unspecified atom stereocenters. The lowest BCUT2D eigenvalue weighted by molar-refractivity contribution is -0.384. The first kappa shape index (κ1) is 13.6. The van der Waals surface area contributed by atoms with Crippen molar-refractivity contribution in [1.29, 1.82) is 0 Å². The first-order chi connectivity index (χ1) is 9.06. The molecule has 2 rings (SSSR count). The molecule has 2 N–H and O–H groups in total. The Hall–Kier alpha value is -1.80. The van der Waals surface area contributed by atoms with Crippen molar-refractivity contribution in [2.24, 2.45) is 5.73 Å². The molecule has 0 saturated heterocycles. The van der Waals surface area contributed by atoms with E-state index in [2.05, 4.69) is 26.1 Å². The molecule has 8 heteroatoms. The third kappa shape index (κ3) is 2.64. The van der Waals surface area contributed by atoms with Crippen molar-refractivity contribution in [3.05, 3.63) is 38.6 Å². The number of hydrogen-bond acceptors (Lipinski definition) is 5. The van der Waals surface area contributed by atoms with Crippen LogP contribution in [-0.4, -0.2) is 19.7 Å². The second-order valence-corrected chi connectivity index (χ2v) is 4.76. The standard InChI is InChI=1S/C11H12BrN5O2/c1-2-16-10(6-13)14-15-11(16)7-3-8(12)5-9(4-7)17(18)19/h3-5H,2,6,13H2,1H3. The van der Waals surface area contributed by atoms with Gasteiger partial charge < -0.3 is 10.3 Å². The number of hydrogen-bond donors (Lipinski definition) is 1. The molecule has 0 radical (unpaired) electrons. The fraction of sp³-hybridized carbons (Fsp3) is 0.273. The molecule has 1 aromatic heterocycles. The Bertz CT molecular complexity index is 626. The summed E-state index contributed by atoms with van der Waals surface area (Å²) < 4.78 is 2.46. The summed E-state index contributed by atoms with van der Waals surface area (Å²) in [6.07, 6.45) is 0. The molecule has 1 heterocycles. The maximum absolute atomic E-state index is 10.9. The minimum atomic E-state index is -0.440. The molecule has 1 aromatic carbocycles. The fourth-order valence-corrected chi connectivity index (χ4v) is 2.32. The Balaban J connectivity index is 2.58. The molecule has 0 saturated carbocycles. The van der Waals surface area contributed by atoms with E-state index >= 15 is 0 Å². The van der Waals surface area contributed by atoms with Crippen LogP contribution in [0, 0.1) is 10.1 Å². The van der Waals surface area contributed by atoms with Crippen LogP contribution in [0.5, 0.6) is 0 Å². The van der Waals surface area contributed by atoms with Gasteiger partial charge in [0.05, 0.1) is 11.5 Å². The van der Waals surface area contributed by atoms with Crippen molar-refractivity contribution < 1.29 is 4.92 Å². The zero-order valence-corrected chi connectivity index (χ0v) is 11.8. The average molecular weight is 326 g/mol. The maximum atomic E-state index is 10.9. The van der Waals surface area contributed by atoms with Gasteiger partial charge in [-0.1, -0.05) is 15.9 Å². The molecule has 0 fully saturated rings. The molecule has 0 atom stereocenters. The molecule has 7 nitrogen and oxygen atoms in total. The Morgan fingerprint density at radius 2 is 2.16 bits per heavy atom. The number of halogens is 1. The predicted octanol–water partition coefficient (Wildman–Crippen LogP) is 2.09. The molecule has 0 bridgehead atoms. The molecule has 100 valence electrons. The summed E-state index contributed by atoms with van der Waals surface area (Å²) in [6, 6.07) is 4.69. The number of nitrogens with two attached hydrogens (primary N) is 1. The van der Waals surface area contributed by atoms with Crippen molar-refractivity contribution in [3.8, 4) is 11.4 Å². The number of non-ortho nitro benzene ring substituents is 1. The SMILES string of the molecule is CCn1c(CN)nnc1-c1cc(Br)cc([N+](=O)[O-])c1. The Morgan fingerprint density at radius 3 is 2.74 bits per heavy atom. The summed E-state index contributed by atoms with van der Waals surface area (Å²) in [5.41, 5.74) is 6.22. The second-order valence-electron chi connectivity index (χ2n) is 3.84. The van der Waals surface area contributed by atoms with Crippen molar-refractivity contribution in [3.63, 3.8) is 0 Å². The first-order valence-electron chi connectivity index (χ1n) is 5.64. The van der Waals surface area contributed by atoms with E-state index in [-0.39, 0.29) is 12.2 Å². The van der Waals surface area contributed by atoms with Crippen LogP contribution in [-0.2, 0) is 13.1 Å². The zero-order chi connectivity index (χ0) is 14.0. The van der Waals surface area contributed by atoms with Gasteiger partial charge in [0, 0.05) is 28.7 Å². The molecular weight excluding hydrogens is 314 g/mol. The summed E-state index contributed by atoms with van der Waals surface area (Å²) in [7, 11) is 0. The van der Waals surface area contributed by atoms with Gasteiger partial charge in [-0.25, -0.2) is 0 Å². The summed E-state index contributed by atoms with van der Waals surface area (Å²) >= 11 is 3.26. The lowest BCUT2D eigenvalue weighted by Crippen LogP contribution is -2.08. The lowest BCUT2D eigenvalue weighted by atomic mass is 10.2. The van der Waals surface area contributed by atoms with E-state index in [0.717, 1.165) is 0 Å². The van der Waals surface area contributed by atoms with Gasteiger partial charge in [-0.05, 0) is 13.0 Å². The van der Waals surface area contributed by atoms with Gasteiger partial charge >= 0.3 is 0 Å². The summed E-state index contributed by atoms with van der Waals surface area (Å²) in [5.74, 6) is 1.23. The molecule has 19 heavy (non-hydrogen) atoms. The van der Waals surface area contributed by atoms with E-state index in [9.17, 15) is 10.1 Å². The highest BCUT2D eigenvalue weighted by atomic mass is 79.9. The van der Waals surface area contributed by atoms with Crippen LogP contribution in [0.3, 0.4) is 0 Å². The van der Waals surface area contributed by atoms with Crippen LogP contribution < -0.4 is 5.73 Å². The Labute approximate surface area is 117 Å². The van der Waals surface area contributed by atoms with E-state index in [1.165, 1.54) is 12.1 Å². The minimum absolute atomic E-state index is 0.00401. The monoisotopic (exact) mass is 325 g/mol. The molecular formula is C11H12BrN5O2. The largest absolute Gasteiger partial charge is 0.324 e. The minimum Gasteiger partial charge on any atom is -0.324 e. The summed E-state index contributed by atoms with van der Waals surface area (Å²) in [5, 5.41) is 18.9. The van der Waals surface area contributed by atoms with Gasteiger partial charge in [0.25, 0.3) is 5.69 Å². The van der Waals surface area contributed by atoms with Gasteiger partial charge in [-0.2, -0.15) is 0 Å². The van der Waals surface area contributed by atoms with Gasteiger partial charge in [0.15, 0.2) is 5.82 Å². The Morgan fingerprint density at radius 1 is 1.42 bits per heavy atom. The van der Waals surface area contributed by atoms with Crippen LogP contribution >= 0.6 is 15.9 Å². The first-order valence-corrected chi connectivity index (χ1v) is 6.43. The van der Waals surface area contributed by atoms with Crippen molar-refractivity contribution in [2.75, 3.05) is 0 Å². The van der Waals surface area contributed by atoms with Crippen LogP contribution in [0.15, 0.2) is 22.7 Å². The smallest absolute Gasteiger partial charge is 0.271 e. The van der Waals surface area contributed by atoms with Crippen molar-refractivity contribution in [1.82, 2.24) is 14.8 Å². The highest BCUT2D eigenvalue weighted by molar-refractivity contribution is 9.10. The summed E-state index contributed by atoms with van der Waals surface area (Å²) in [4.78, 5) is 10.4. The van der Waals surface area contributed by atoms with Gasteiger partial charge in [-0.15, -0.1) is 10.2 Å². The Kier molecular flexibility index (Phi) is 3.91. The topological polar surface area (TPSA) is 99.9 Å². The van der Waals surface area contributed by atoms with Gasteiger partial charge in [0.1, 0.15) is 5.82 Å². The van der Waals surface area contributed by atoms with Crippen LogP contribution in [0.25, 0.3) is 11.4 Å². The molecule has 0 aliphatic carbocycles. The highest BCUT2D eigenvalue weighted by Gasteiger charge is 2.16. The van der Waals surface area contributed by atoms with E-state index in [4.69, 9.17) is 5.73 Å². The van der Waals surface area contributed by atoms with E-state index in [1.807, 2.05) is 11.5 Å². The van der Waals surface area contributed by atoms with Crippen LogP contribution in [0.1, 0.15) is 12.7 Å². The average Bonchev–Trinajstić information content (AvgIpc) is 2.80. The molecule has 0 spiro atoms. The van der Waals surface area contributed by atoms with E-state index in [1.54, 1.807) is 6.07 Å². The summed E-state index contributed by atoms with van der Waals surface area (Å²) in [6.45, 7) is 2.87. The van der Waals surface area contributed by atoms with E-state index in [0.29, 0.717) is 28.2 Å². The highest BCUT2D eigenvalue weighted by Crippen LogP contribution is 2.28. The fourth-order valence-electron chi connectivity index (χ4n) is 1.84. The van der Waals surface area contributed by atoms with Gasteiger partial charge in [-0.3, -0.25) is 10.1 Å². The predicted molar refractivity (Wildman–Crippen MR) is 73.4 cm³/mol. The third-order valence-electron chi connectivity index (χ3n) is 2.68. The number of nitrogens with zero attached hydrogens (tertiary/aromatic N) is 4.